The summed E-state index contributed by atoms with van der Waals surface area (Å²) in [6, 6.07) is 12.1. The summed E-state index contributed by atoms with van der Waals surface area (Å²) >= 11 is 0. The third-order valence-corrected chi connectivity index (χ3v) is 3.99. The molecule has 0 unspecified atom stereocenters. The molecule has 0 aliphatic heterocycles. The lowest BCUT2D eigenvalue weighted by Gasteiger charge is -2.16. The molecule has 3 rings (SSSR count). The van der Waals surface area contributed by atoms with Crippen molar-refractivity contribution in [3.05, 3.63) is 42.1 Å². The van der Waals surface area contributed by atoms with E-state index in [9.17, 15) is 4.79 Å². The first-order valence-electron chi connectivity index (χ1n) is 8.00. The van der Waals surface area contributed by atoms with Gasteiger partial charge >= 0.3 is 6.03 Å². The summed E-state index contributed by atoms with van der Waals surface area (Å²) in [5.41, 5.74) is 1.78. The summed E-state index contributed by atoms with van der Waals surface area (Å²) in [5.74, 6) is 0.668. The Balaban J connectivity index is 1.58. The fourth-order valence-corrected chi connectivity index (χ4v) is 2.56. The SMILES string of the molecule is Cc1cc(NC(=O)NCCN(C)C2CC2)n(-c2ccccc2)n1. The molecule has 0 radical (unpaired) electrons. The second kappa shape index (κ2) is 6.83. The molecule has 122 valence electrons. The summed E-state index contributed by atoms with van der Waals surface area (Å²) in [5, 5.41) is 10.2. The Kier molecular flexibility index (Phi) is 4.62. The Morgan fingerprint density at radius 3 is 2.78 bits per heavy atom. The number of rotatable bonds is 6. The largest absolute Gasteiger partial charge is 0.337 e. The third-order valence-electron chi connectivity index (χ3n) is 3.99. The van der Waals surface area contributed by atoms with Crippen molar-refractivity contribution in [3.63, 3.8) is 0 Å². The van der Waals surface area contributed by atoms with Crippen LogP contribution in [-0.2, 0) is 0 Å². The number of hydrogen-bond donors (Lipinski definition) is 2. The zero-order chi connectivity index (χ0) is 16.2. The molecular formula is C17H23N5O. The lowest BCUT2D eigenvalue weighted by atomic mass is 10.3. The molecule has 1 aromatic carbocycles. The van der Waals surface area contributed by atoms with Crippen LogP contribution in [0, 0.1) is 6.92 Å². The van der Waals surface area contributed by atoms with E-state index in [4.69, 9.17) is 0 Å². The van der Waals surface area contributed by atoms with Crippen LogP contribution in [0.2, 0.25) is 0 Å². The predicted octanol–water partition coefficient (Wildman–Crippen LogP) is 2.40. The van der Waals surface area contributed by atoms with Gasteiger partial charge in [-0.1, -0.05) is 18.2 Å². The van der Waals surface area contributed by atoms with Crippen molar-refractivity contribution < 1.29 is 4.79 Å². The maximum Gasteiger partial charge on any atom is 0.320 e. The summed E-state index contributed by atoms with van der Waals surface area (Å²) in [6.45, 7) is 3.42. The van der Waals surface area contributed by atoms with E-state index in [0.29, 0.717) is 18.4 Å². The van der Waals surface area contributed by atoms with Gasteiger partial charge in [0.05, 0.1) is 11.4 Å². The molecule has 1 aromatic heterocycles. The number of likely N-dealkylation sites (N-methyl/N-ethyl adjacent to an activating group) is 1. The monoisotopic (exact) mass is 313 g/mol. The molecule has 1 heterocycles. The van der Waals surface area contributed by atoms with Crippen molar-refractivity contribution in [2.45, 2.75) is 25.8 Å². The zero-order valence-electron chi connectivity index (χ0n) is 13.6. The number of nitrogens with one attached hydrogen (secondary N) is 2. The average Bonchev–Trinajstić information content (AvgIpc) is 3.32. The van der Waals surface area contributed by atoms with Gasteiger partial charge < -0.3 is 10.2 Å². The van der Waals surface area contributed by atoms with Crippen LogP contribution < -0.4 is 10.6 Å². The van der Waals surface area contributed by atoms with E-state index in [-0.39, 0.29) is 6.03 Å². The van der Waals surface area contributed by atoms with E-state index in [2.05, 4.69) is 27.7 Å². The molecule has 2 aromatic rings. The molecule has 6 heteroatoms. The van der Waals surface area contributed by atoms with E-state index in [1.807, 2.05) is 43.3 Å². The van der Waals surface area contributed by atoms with Gasteiger partial charge in [-0.05, 0) is 38.9 Å². The van der Waals surface area contributed by atoms with Crippen molar-refractivity contribution in [2.75, 3.05) is 25.5 Å². The molecule has 1 fully saturated rings. The van der Waals surface area contributed by atoms with Gasteiger partial charge in [-0.2, -0.15) is 5.10 Å². The molecule has 1 aliphatic carbocycles. The van der Waals surface area contributed by atoms with E-state index in [1.54, 1.807) is 4.68 Å². The molecule has 23 heavy (non-hydrogen) atoms. The lowest BCUT2D eigenvalue weighted by molar-refractivity contribution is 0.248. The number of carbonyl (C=O) groups excluding carboxylic acids is 1. The number of aromatic nitrogens is 2. The highest BCUT2D eigenvalue weighted by atomic mass is 16.2. The highest BCUT2D eigenvalue weighted by Crippen LogP contribution is 2.24. The van der Waals surface area contributed by atoms with E-state index >= 15 is 0 Å². The van der Waals surface area contributed by atoms with E-state index in [1.165, 1.54) is 12.8 Å². The van der Waals surface area contributed by atoms with Crippen LogP contribution in [0.1, 0.15) is 18.5 Å². The smallest absolute Gasteiger partial charge is 0.320 e. The summed E-state index contributed by atoms with van der Waals surface area (Å²) in [6.07, 6.45) is 2.55. The van der Waals surface area contributed by atoms with Crippen molar-refractivity contribution in [3.8, 4) is 5.69 Å². The van der Waals surface area contributed by atoms with Crippen LogP contribution in [-0.4, -0.2) is 46.9 Å². The molecule has 0 spiro atoms. The number of amides is 2. The fourth-order valence-electron chi connectivity index (χ4n) is 2.56. The number of anilines is 1. The van der Waals surface area contributed by atoms with Crippen LogP contribution in [0.3, 0.4) is 0 Å². The number of nitrogens with zero attached hydrogens (tertiary/aromatic N) is 3. The predicted molar refractivity (Wildman–Crippen MR) is 91.0 cm³/mol. The highest BCUT2D eigenvalue weighted by Gasteiger charge is 2.25. The van der Waals surface area contributed by atoms with Gasteiger partial charge in [-0.3, -0.25) is 5.32 Å². The minimum absolute atomic E-state index is 0.203. The maximum absolute atomic E-state index is 12.1. The van der Waals surface area contributed by atoms with Gasteiger partial charge in [0.15, 0.2) is 0 Å². The zero-order valence-corrected chi connectivity index (χ0v) is 13.6. The standard InChI is InChI=1S/C17H23N5O/c1-13-12-16(22(20-13)15-6-4-3-5-7-15)19-17(23)18-10-11-21(2)14-8-9-14/h3-7,12,14H,8-11H2,1-2H3,(H2,18,19,23). The fraction of sp³-hybridized carbons (Fsp3) is 0.412. The number of aryl methyl sites for hydroxylation is 1. The van der Waals surface area contributed by atoms with Crippen molar-refractivity contribution in [1.82, 2.24) is 20.0 Å². The molecular weight excluding hydrogens is 290 g/mol. The first kappa shape index (κ1) is 15.6. The van der Waals surface area contributed by atoms with E-state index < -0.39 is 0 Å². The first-order chi connectivity index (χ1) is 11.1. The number of carbonyl (C=O) groups is 1. The lowest BCUT2D eigenvalue weighted by Crippen LogP contribution is -2.36. The quantitative estimate of drug-likeness (QED) is 0.861. The molecule has 2 N–H and O–H groups in total. The molecule has 0 saturated heterocycles. The number of benzene rings is 1. The Bertz CT molecular complexity index is 663. The van der Waals surface area contributed by atoms with Gasteiger partial charge in [-0.25, -0.2) is 9.48 Å². The number of urea groups is 1. The molecule has 0 atom stereocenters. The summed E-state index contributed by atoms with van der Waals surface area (Å²) in [4.78, 5) is 14.4. The molecule has 1 saturated carbocycles. The Morgan fingerprint density at radius 1 is 1.35 bits per heavy atom. The second-order valence-corrected chi connectivity index (χ2v) is 6.01. The minimum Gasteiger partial charge on any atom is -0.337 e. The van der Waals surface area contributed by atoms with Crippen LogP contribution in [0.25, 0.3) is 5.69 Å². The summed E-state index contributed by atoms with van der Waals surface area (Å²) in [7, 11) is 2.10. The molecule has 1 aliphatic rings. The van der Waals surface area contributed by atoms with Crippen LogP contribution in [0.15, 0.2) is 36.4 Å². The Labute approximate surface area is 136 Å². The second-order valence-electron chi connectivity index (χ2n) is 6.01. The molecule has 0 bridgehead atoms. The molecule has 6 nitrogen and oxygen atoms in total. The van der Waals surface area contributed by atoms with Crippen LogP contribution >= 0.6 is 0 Å². The normalized spacial score (nSPS) is 14.0. The van der Waals surface area contributed by atoms with Gasteiger partial charge in [0.25, 0.3) is 0 Å². The van der Waals surface area contributed by atoms with Crippen LogP contribution in [0.5, 0.6) is 0 Å². The maximum atomic E-state index is 12.1. The van der Waals surface area contributed by atoms with Gasteiger partial charge in [0, 0.05) is 25.2 Å². The average molecular weight is 313 g/mol. The Hall–Kier alpha value is -2.34. The first-order valence-corrected chi connectivity index (χ1v) is 8.00. The van der Waals surface area contributed by atoms with Gasteiger partial charge in [0.1, 0.15) is 5.82 Å². The topological polar surface area (TPSA) is 62.2 Å². The number of para-hydroxylation sites is 1. The van der Waals surface area contributed by atoms with Gasteiger partial charge in [0.2, 0.25) is 0 Å². The van der Waals surface area contributed by atoms with Crippen molar-refractivity contribution >= 4 is 11.8 Å². The Morgan fingerprint density at radius 2 is 2.09 bits per heavy atom. The van der Waals surface area contributed by atoms with Crippen molar-refractivity contribution in [2.24, 2.45) is 0 Å². The van der Waals surface area contributed by atoms with E-state index in [0.717, 1.165) is 17.9 Å². The van der Waals surface area contributed by atoms with Crippen LogP contribution in [0.4, 0.5) is 10.6 Å². The molecule has 2 amide bonds. The summed E-state index contributed by atoms with van der Waals surface area (Å²) < 4.78 is 1.74. The minimum atomic E-state index is -0.203. The number of hydrogen-bond acceptors (Lipinski definition) is 3. The van der Waals surface area contributed by atoms with Gasteiger partial charge in [-0.15, -0.1) is 0 Å². The highest BCUT2D eigenvalue weighted by molar-refractivity contribution is 5.88. The van der Waals surface area contributed by atoms with Crippen molar-refractivity contribution in [1.29, 1.82) is 0 Å². The third kappa shape index (κ3) is 4.10.